The zero-order chi connectivity index (χ0) is 18.8. The fourth-order valence-corrected chi connectivity index (χ4v) is 5.10. The zero-order valence-electron chi connectivity index (χ0n) is 15.3. The Kier molecular flexibility index (Phi) is 6.88. The molecule has 3 rings (SSSR count). The monoisotopic (exact) mass is 415 g/mol. The number of piperidine rings is 2. The normalized spacial score (nSPS) is 22.6. The van der Waals surface area contributed by atoms with E-state index in [2.05, 4.69) is 10.6 Å². The van der Waals surface area contributed by atoms with Gasteiger partial charge in [0, 0.05) is 18.5 Å². The molecule has 0 saturated carbocycles. The summed E-state index contributed by atoms with van der Waals surface area (Å²) in [6.45, 7) is 1.53. The first-order valence-electron chi connectivity index (χ1n) is 8.93. The molecule has 7 nitrogen and oxygen atoms in total. The summed E-state index contributed by atoms with van der Waals surface area (Å²) >= 11 is 0. The third-order valence-electron chi connectivity index (χ3n) is 5.35. The molecular formula is C18H26ClN3O4S. The second kappa shape index (κ2) is 8.58. The van der Waals surface area contributed by atoms with Crippen LogP contribution in [0.2, 0.25) is 0 Å². The van der Waals surface area contributed by atoms with Crippen molar-refractivity contribution in [3.63, 3.8) is 0 Å². The summed E-state index contributed by atoms with van der Waals surface area (Å²) in [7, 11) is -3.60. The first-order chi connectivity index (χ1) is 12.3. The number of benzene rings is 1. The van der Waals surface area contributed by atoms with E-state index < -0.39 is 26.5 Å². The van der Waals surface area contributed by atoms with Crippen LogP contribution in [0.15, 0.2) is 30.3 Å². The highest BCUT2D eigenvalue weighted by atomic mass is 35.5. The van der Waals surface area contributed by atoms with Gasteiger partial charge in [-0.25, -0.2) is 8.42 Å². The highest BCUT2D eigenvalue weighted by Gasteiger charge is 2.49. The number of sulfone groups is 1. The molecule has 2 N–H and O–H groups in total. The first kappa shape index (κ1) is 21.7. The lowest BCUT2D eigenvalue weighted by Gasteiger charge is -2.37. The molecule has 1 unspecified atom stereocenters. The molecule has 0 spiro atoms. The predicted molar refractivity (Wildman–Crippen MR) is 107 cm³/mol. The molecule has 0 aromatic heterocycles. The van der Waals surface area contributed by atoms with Gasteiger partial charge in [-0.15, -0.1) is 12.4 Å². The summed E-state index contributed by atoms with van der Waals surface area (Å²) in [5.41, 5.74) is 0.788. The lowest BCUT2D eigenvalue weighted by Crippen LogP contribution is -2.61. The first-order valence-corrected chi connectivity index (χ1v) is 10.8. The van der Waals surface area contributed by atoms with Crippen LogP contribution in [0.5, 0.6) is 0 Å². The van der Waals surface area contributed by atoms with Crippen molar-refractivity contribution >= 4 is 39.7 Å². The summed E-state index contributed by atoms with van der Waals surface area (Å²) in [6.07, 6.45) is 2.82. The van der Waals surface area contributed by atoms with E-state index in [1.54, 1.807) is 4.90 Å². The second-order valence-electron chi connectivity index (χ2n) is 7.01. The van der Waals surface area contributed by atoms with E-state index in [0.717, 1.165) is 18.4 Å². The Morgan fingerprint density at radius 2 is 1.85 bits per heavy atom. The Morgan fingerprint density at radius 1 is 1.22 bits per heavy atom. The van der Waals surface area contributed by atoms with Crippen molar-refractivity contribution in [3.8, 4) is 0 Å². The molecule has 1 aromatic rings. The number of carbonyl (C=O) groups excluding carboxylic acids is 2. The highest BCUT2D eigenvalue weighted by molar-refractivity contribution is 7.92. The van der Waals surface area contributed by atoms with Crippen LogP contribution in [-0.4, -0.2) is 56.9 Å². The average molecular weight is 416 g/mol. The molecular weight excluding hydrogens is 390 g/mol. The highest BCUT2D eigenvalue weighted by Crippen LogP contribution is 2.29. The van der Waals surface area contributed by atoms with Gasteiger partial charge in [-0.2, -0.15) is 0 Å². The molecule has 1 atom stereocenters. The van der Waals surface area contributed by atoms with Crippen LogP contribution < -0.4 is 15.5 Å². The molecule has 27 heavy (non-hydrogen) atoms. The number of hydrogen-bond acceptors (Lipinski definition) is 5. The Hall–Kier alpha value is -1.64. The maximum absolute atomic E-state index is 12.9. The fourth-order valence-electron chi connectivity index (χ4n) is 3.76. The van der Waals surface area contributed by atoms with E-state index in [1.165, 1.54) is 0 Å². The number of nitrogens with one attached hydrogen (secondary N) is 2. The van der Waals surface area contributed by atoms with Gasteiger partial charge in [0.25, 0.3) is 0 Å². The number of anilines is 1. The molecule has 2 aliphatic rings. The van der Waals surface area contributed by atoms with Crippen LogP contribution in [0.4, 0.5) is 5.69 Å². The maximum Gasteiger partial charge on any atom is 0.249 e. The number of rotatable bonds is 4. The molecule has 1 aromatic carbocycles. The second-order valence-corrected chi connectivity index (χ2v) is 9.34. The summed E-state index contributed by atoms with van der Waals surface area (Å²) in [5.74, 6) is -0.733. The van der Waals surface area contributed by atoms with Crippen molar-refractivity contribution in [1.82, 2.24) is 10.6 Å². The van der Waals surface area contributed by atoms with Crippen LogP contribution in [0, 0.1) is 0 Å². The van der Waals surface area contributed by atoms with Crippen molar-refractivity contribution in [1.29, 1.82) is 0 Å². The lowest BCUT2D eigenvalue weighted by molar-refractivity contribution is -0.130. The van der Waals surface area contributed by atoms with Gasteiger partial charge in [0.15, 0.2) is 14.6 Å². The average Bonchev–Trinajstić information content (AvgIpc) is 2.64. The third-order valence-corrected chi connectivity index (χ3v) is 7.36. The molecule has 2 heterocycles. The van der Waals surface area contributed by atoms with Gasteiger partial charge in [-0.1, -0.05) is 18.2 Å². The van der Waals surface area contributed by atoms with E-state index in [0.29, 0.717) is 26.1 Å². The summed E-state index contributed by atoms with van der Waals surface area (Å²) in [5, 5.41) is 5.84. The number of halogens is 1. The smallest absolute Gasteiger partial charge is 0.249 e. The third kappa shape index (κ3) is 4.28. The molecule has 0 radical (unpaired) electrons. The standard InChI is InChI=1S/C18H25N3O4S.ClH/c1-26(24,25)18(9-11-19-12-10-18)17(23)20-15-8-5-13-21(16(15)22)14-6-3-2-4-7-14;/h2-4,6-7,15,19H,5,8-13H2,1H3,(H,20,23);1H. The van der Waals surface area contributed by atoms with Crippen LogP contribution in [-0.2, 0) is 19.4 Å². The van der Waals surface area contributed by atoms with E-state index >= 15 is 0 Å². The van der Waals surface area contributed by atoms with Gasteiger partial charge in [-0.3, -0.25) is 9.59 Å². The predicted octanol–water partition coefficient (Wildman–Crippen LogP) is 0.887. The van der Waals surface area contributed by atoms with Crippen molar-refractivity contribution in [2.45, 2.75) is 36.5 Å². The Labute approximate surface area is 166 Å². The minimum Gasteiger partial charge on any atom is -0.343 e. The van der Waals surface area contributed by atoms with Crippen molar-refractivity contribution in [3.05, 3.63) is 30.3 Å². The Morgan fingerprint density at radius 3 is 2.44 bits per heavy atom. The van der Waals surface area contributed by atoms with Crippen LogP contribution in [0.25, 0.3) is 0 Å². The van der Waals surface area contributed by atoms with Gasteiger partial charge in [0.2, 0.25) is 11.8 Å². The van der Waals surface area contributed by atoms with Crippen molar-refractivity contribution < 1.29 is 18.0 Å². The summed E-state index contributed by atoms with van der Waals surface area (Å²) in [4.78, 5) is 27.4. The number of amides is 2. The molecule has 150 valence electrons. The van der Waals surface area contributed by atoms with Gasteiger partial charge in [0.05, 0.1) is 0 Å². The van der Waals surface area contributed by atoms with Gasteiger partial charge in [-0.05, 0) is 50.9 Å². The molecule has 0 bridgehead atoms. The van der Waals surface area contributed by atoms with Crippen LogP contribution >= 0.6 is 12.4 Å². The topological polar surface area (TPSA) is 95.6 Å². The summed E-state index contributed by atoms with van der Waals surface area (Å²) < 4.78 is 23.3. The molecule has 9 heteroatoms. The van der Waals surface area contributed by atoms with E-state index in [1.807, 2.05) is 30.3 Å². The zero-order valence-corrected chi connectivity index (χ0v) is 16.9. The molecule has 2 amide bonds. The SMILES string of the molecule is CS(=O)(=O)C1(C(=O)NC2CCCN(c3ccccc3)C2=O)CCNCC1.Cl. The van der Waals surface area contributed by atoms with E-state index in [9.17, 15) is 18.0 Å². The lowest BCUT2D eigenvalue weighted by atomic mass is 9.94. The fraction of sp³-hybridized carbons (Fsp3) is 0.556. The summed E-state index contributed by atoms with van der Waals surface area (Å²) in [6, 6.07) is 8.62. The number of carbonyl (C=O) groups is 2. The van der Waals surface area contributed by atoms with Crippen molar-refractivity contribution in [2.24, 2.45) is 0 Å². The minimum absolute atomic E-state index is 0. The van der Waals surface area contributed by atoms with Gasteiger partial charge < -0.3 is 15.5 Å². The Bertz CT molecular complexity index is 779. The van der Waals surface area contributed by atoms with Gasteiger partial charge in [0.1, 0.15) is 6.04 Å². The molecule has 2 fully saturated rings. The quantitative estimate of drug-likeness (QED) is 0.761. The molecule has 2 saturated heterocycles. The van der Waals surface area contributed by atoms with Crippen molar-refractivity contribution in [2.75, 3.05) is 30.8 Å². The molecule has 2 aliphatic heterocycles. The number of hydrogen-bond donors (Lipinski definition) is 2. The van der Waals surface area contributed by atoms with Crippen LogP contribution in [0.3, 0.4) is 0 Å². The Balaban J connectivity index is 0.00000261. The van der Waals surface area contributed by atoms with E-state index in [4.69, 9.17) is 0 Å². The molecule has 0 aliphatic carbocycles. The largest absolute Gasteiger partial charge is 0.343 e. The van der Waals surface area contributed by atoms with Crippen LogP contribution in [0.1, 0.15) is 25.7 Å². The maximum atomic E-state index is 12.9. The van der Waals surface area contributed by atoms with Gasteiger partial charge >= 0.3 is 0 Å². The van der Waals surface area contributed by atoms with E-state index in [-0.39, 0.29) is 31.2 Å². The number of para-hydroxylation sites is 1. The minimum atomic E-state index is -3.60. The number of nitrogens with zero attached hydrogens (tertiary/aromatic N) is 1.